The molecule has 0 aliphatic carbocycles. The molecule has 0 radical (unpaired) electrons. The van der Waals surface area contributed by atoms with Crippen LogP contribution >= 0.6 is 0 Å². The van der Waals surface area contributed by atoms with Gasteiger partial charge in [-0.05, 0) is 48.4 Å². The SMILES string of the molecule is O=C(NCCc1ccccc1)[C@@H]1CN(C(=O)COc2ccc(S(=O)(=O)N3CCOCC3)cc2)c2ccccc2O1. The zero-order chi connectivity index (χ0) is 28.0. The van der Waals surface area contributed by atoms with E-state index in [4.69, 9.17) is 14.2 Å². The van der Waals surface area contributed by atoms with E-state index >= 15 is 0 Å². The molecular weight excluding hydrogens is 534 g/mol. The first-order chi connectivity index (χ1) is 19.4. The van der Waals surface area contributed by atoms with Gasteiger partial charge >= 0.3 is 0 Å². The van der Waals surface area contributed by atoms with Gasteiger partial charge in [-0.1, -0.05) is 42.5 Å². The standard InChI is InChI=1S/C29H31N3O7S/c33-28(21-38-23-10-12-24(13-11-23)40(35,36)31-16-18-37-19-17-31)32-20-27(39-26-9-5-4-8-25(26)32)29(34)30-15-14-22-6-2-1-3-7-22/h1-13,27H,14-21H2,(H,30,34)/t27-/m0/s1. The van der Waals surface area contributed by atoms with Crippen molar-refractivity contribution in [3.8, 4) is 11.5 Å². The lowest BCUT2D eigenvalue weighted by Gasteiger charge is -2.34. The maximum absolute atomic E-state index is 13.2. The molecule has 0 unspecified atom stereocenters. The minimum absolute atomic E-state index is 0.0348. The van der Waals surface area contributed by atoms with Crippen LogP contribution in [0.1, 0.15) is 5.56 Å². The maximum Gasteiger partial charge on any atom is 0.265 e. The number of hydrogen-bond acceptors (Lipinski definition) is 7. The van der Waals surface area contributed by atoms with E-state index in [1.54, 1.807) is 24.3 Å². The number of sulfonamides is 1. The van der Waals surface area contributed by atoms with Crippen LogP contribution in [0.25, 0.3) is 0 Å². The van der Waals surface area contributed by atoms with Crippen LogP contribution in [0.2, 0.25) is 0 Å². The number of para-hydroxylation sites is 2. The second-order valence-electron chi connectivity index (χ2n) is 9.38. The Morgan fingerprint density at radius 2 is 1.62 bits per heavy atom. The zero-order valence-corrected chi connectivity index (χ0v) is 22.7. The number of amides is 2. The lowest BCUT2D eigenvalue weighted by molar-refractivity contribution is -0.128. The van der Waals surface area contributed by atoms with Crippen molar-refractivity contribution < 1.29 is 32.2 Å². The van der Waals surface area contributed by atoms with Crippen molar-refractivity contribution in [1.82, 2.24) is 9.62 Å². The van der Waals surface area contributed by atoms with Gasteiger partial charge in [0.25, 0.3) is 11.8 Å². The van der Waals surface area contributed by atoms with Crippen LogP contribution in [0.4, 0.5) is 5.69 Å². The fourth-order valence-electron chi connectivity index (χ4n) is 4.56. The van der Waals surface area contributed by atoms with Gasteiger partial charge < -0.3 is 24.4 Å². The van der Waals surface area contributed by atoms with E-state index in [1.165, 1.54) is 33.5 Å². The fraction of sp³-hybridized carbons (Fsp3) is 0.310. The van der Waals surface area contributed by atoms with E-state index in [0.29, 0.717) is 56.5 Å². The van der Waals surface area contributed by atoms with Gasteiger partial charge in [0.1, 0.15) is 11.5 Å². The molecule has 2 aliphatic heterocycles. The minimum atomic E-state index is -3.63. The van der Waals surface area contributed by atoms with Crippen LogP contribution in [0, 0.1) is 0 Å². The second-order valence-corrected chi connectivity index (χ2v) is 11.3. The highest BCUT2D eigenvalue weighted by Crippen LogP contribution is 2.33. The average molecular weight is 566 g/mol. The second kappa shape index (κ2) is 12.5. The summed E-state index contributed by atoms with van der Waals surface area (Å²) in [6.07, 6.45) is -0.196. The summed E-state index contributed by atoms with van der Waals surface area (Å²) in [6, 6.07) is 22.8. The Kier molecular flexibility index (Phi) is 8.63. The lowest BCUT2D eigenvalue weighted by Crippen LogP contribution is -2.52. The molecule has 1 N–H and O–H groups in total. The van der Waals surface area contributed by atoms with Crippen molar-refractivity contribution in [2.75, 3.05) is 50.9 Å². The highest BCUT2D eigenvalue weighted by Gasteiger charge is 2.34. The maximum atomic E-state index is 13.2. The van der Waals surface area contributed by atoms with E-state index in [9.17, 15) is 18.0 Å². The van der Waals surface area contributed by atoms with Crippen LogP contribution in [0.3, 0.4) is 0 Å². The minimum Gasteiger partial charge on any atom is -0.484 e. The Labute approximate surface area is 233 Å². The molecule has 1 fully saturated rings. The molecule has 0 spiro atoms. The Morgan fingerprint density at radius 1 is 0.925 bits per heavy atom. The van der Waals surface area contributed by atoms with Gasteiger partial charge in [0, 0.05) is 19.6 Å². The van der Waals surface area contributed by atoms with Gasteiger partial charge in [-0.3, -0.25) is 9.59 Å². The van der Waals surface area contributed by atoms with E-state index < -0.39 is 16.1 Å². The number of fused-ring (bicyclic) bond motifs is 1. The Morgan fingerprint density at radius 3 is 2.38 bits per heavy atom. The molecule has 40 heavy (non-hydrogen) atoms. The predicted molar refractivity (Wildman–Crippen MR) is 148 cm³/mol. The molecule has 0 saturated carbocycles. The Hall–Kier alpha value is -3.93. The number of morpholine rings is 1. The van der Waals surface area contributed by atoms with Gasteiger partial charge in [0.2, 0.25) is 10.0 Å². The summed E-state index contributed by atoms with van der Waals surface area (Å²) >= 11 is 0. The van der Waals surface area contributed by atoms with Gasteiger partial charge in [-0.15, -0.1) is 0 Å². The molecule has 1 atom stereocenters. The number of anilines is 1. The first-order valence-corrected chi connectivity index (χ1v) is 14.5. The van der Waals surface area contributed by atoms with Gasteiger partial charge in [-0.25, -0.2) is 8.42 Å². The molecule has 2 aliphatic rings. The van der Waals surface area contributed by atoms with E-state index in [-0.39, 0.29) is 29.9 Å². The van der Waals surface area contributed by atoms with E-state index in [0.717, 1.165) is 5.56 Å². The van der Waals surface area contributed by atoms with Crippen molar-refractivity contribution in [2.24, 2.45) is 0 Å². The zero-order valence-electron chi connectivity index (χ0n) is 21.9. The summed E-state index contributed by atoms with van der Waals surface area (Å²) in [7, 11) is -3.63. The van der Waals surface area contributed by atoms with Gasteiger partial charge in [-0.2, -0.15) is 4.31 Å². The van der Waals surface area contributed by atoms with Crippen LogP contribution in [0.15, 0.2) is 83.8 Å². The van der Waals surface area contributed by atoms with Crippen LogP contribution in [-0.4, -0.2) is 76.6 Å². The molecule has 210 valence electrons. The molecule has 3 aromatic carbocycles. The normalized spacial score (nSPS) is 17.4. The third-order valence-electron chi connectivity index (χ3n) is 6.72. The average Bonchev–Trinajstić information content (AvgIpc) is 3.00. The van der Waals surface area contributed by atoms with E-state index in [2.05, 4.69) is 5.32 Å². The topological polar surface area (TPSA) is 114 Å². The van der Waals surface area contributed by atoms with Crippen molar-refractivity contribution in [1.29, 1.82) is 0 Å². The monoisotopic (exact) mass is 565 g/mol. The van der Waals surface area contributed by atoms with Gasteiger partial charge in [0.15, 0.2) is 12.7 Å². The first kappa shape index (κ1) is 27.6. The summed E-state index contributed by atoms with van der Waals surface area (Å²) in [5.41, 5.74) is 1.66. The highest BCUT2D eigenvalue weighted by atomic mass is 32.2. The number of hydrogen-bond donors (Lipinski definition) is 1. The Balaban J connectivity index is 1.20. The summed E-state index contributed by atoms with van der Waals surface area (Å²) in [6.45, 7) is 1.52. The third kappa shape index (κ3) is 6.44. The summed E-state index contributed by atoms with van der Waals surface area (Å²) < 4.78 is 43.9. The van der Waals surface area contributed by atoms with Crippen LogP contribution in [0.5, 0.6) is 11.5 Å². The summed E-state index contributed by atoms with van der Waals surface area (Å²) in [4.78, 5) is 27.8. The molecule has 11 heteroatoms. The molecule has 0 aromatic heterocycles. The molecule has 10 nitrogen and oxygen atoms in total. The van der Waals surface area contributed by atoms with E-state index in [1.807, 2.05) is 30.3 Å². The highest BCUT2D eigenvalue weighted by molar-refractivity contribution is 7.89. The van der Waals surface area contributed by atoms with Gasteiger partial charge in [0.05, 0.1) is 30.3 Å². The number of carbonyl (C=O) groups excluding carboxylic acids is 2. The predicted octanol–water partition coefficient (Wildman–Crippen LogP) is 2.24. The number of carbonyl (C=O) groups is 2. The largest absolute Gasteiger partial charge is 0.484 e. The molecule has 2 amide bonds. The number of nitrogens with zero attached hydrogens (tertiary/aromatic N) is 2. The van der Waals surface area contributed by atoms with Crippen LogP contribution < -0.4 is 19.7 Å². The lowest BCUT2D eigenvalue weighted by atomic mass is 10.1. The quantitative estimate of drug-likeness (QED) is 0.423. The fourth-order valence-corrected chi connectivity index (χ4v) is 5.97. The van der Waals surface area contributed by atoms with Crippen molar-refractivity contribution >= 4 is 27.5 Å². The molecule has 0 bridgehead atoms. The first-order valence-electron chi connectivity index (χ1n) is 13.1. The molecule has 5 rings (SSSR count). The summed E-state index contributed by atoms with van der Waals surface area (Å²) in [5.74, 6) is 0.123. The van der Waals surface area contributed by atoms with Crippen molar-refractivity contribution in [3.05, 3.63) is 84.4 Å². The summed E-state index contributed by atoms with van der Waals surface area (Å²) in [5, 5.41) is 2.90. The Bertz CT molecular complexity index is 1430. The van der Waals surface area contributed by atoms with Crippen molar-refractivity contribution in [2.45, 2.75) is 17.4 Å². The molecule has 1 saturated heterocycles. The smallest absolute Gasteiger partial charge is 0.265 e. The third-order valence-corrected chi connectivity index (χ3v) is 8.63. The number of benzene rings is 3. The molecular formula is C29H31N3O7S. The number of rotatable bonds is 9. The number of nitrogens with one attached hydrogen (secondary N) is 1. The molecule has 2 heterocycles. The molecule has 3 aromatic rings. The number of ether oxygens (including phenoxy) is 3. The van der Waals surface area contributed by atoms with Crippen LogP contribution in [-0.2, 0) is 30.8 Å². The van der Waals surface area contributed by atoms with Crippen molar-refractivity contribution in [3.63, 3.8) is 0 Å².